The van der Waals surface area contributed by atoms with E-state index >= 15 is 0 Å². The molecule has 106 valence electrons. The lowest BCUT2D eigenvalue weighted by molar-refractivity contribution is -0.119. The van der Waals surface area contributed by atoms with Crippen molar-refractivity contribution in [1.29, 1.82) is 0 Å². The number of carbonyl (C=O) groups is 1. The Morgan fingerprint density at radius 3 is 2.68 bits per heavy atom. The van der Waals surface area contributed by atoms with Crippen LogP contribution < -0.4 is 0 Å². The Hall–Kier alpha value is -1.19. The van der Waals surface area contributed by atoms with Gasteiger partial charge in [0.1, 0.15) is 5.78 Å². The topological polar surface area (TPSA) is 56.0 Å². The van der Waals surface area contributed by atoms with Crippen LogP contribution in [0.3, 0.4) is 0 Å². The quantitative estimate of drug-likeness (QED) is 0.813. The molecular weight excluding hydrogens is 240 g/mol. The molecule has 0 aliphatic heterocycles. The van der Waals surface area contributed by atoms with Crippen LogP contribution in [-0.4, -0.2) is 15.9 Å². The molecule has 1 saturated carbocycles. The highest BCUT2D eigenvalue weighted by Crippen LogP contribution is 2.39. The number of rotatable bonds is 5. The van der Waals surface area contributed by atoms with E-state index in [0.717, 1.165) is 24.6 Å². The van der Waals surface area contributed by atoms with Gasteiger partial charge in [0.25, 0.3) is 0 Å². The molecule has 3 unspecified atom stereocenters. The van der Waals surface area contributed by atoms with E-state index in [-0.39, 0.29) is 17.6 Å². The van der Waals surface area contributed by atoms with Crippen molar-refractivity contribution >= 4 is 5.78 Å². The summed E-state index contributed by atoms with van der Waals surface area (Å²) in [6, 6.07) is 0. The van der Waals surface area contributed by atoms with Gasteiger partial charge in [-0.1, -0.05) is 32.3 Å². The van der Waals surface area contributed by atoms with Crippen molar-refractivity contribution in [2.24, 2.45) is 11.8 Å². The summed E-state index contributed by atoms with van der Waals surface area (Å²) in [5, 5.41) is 4.11. The van der Waals surface area contributed by atoms with Gasteiger partial charge in [-0.2, -0.15) is 4.98 Å². The Balaban J connectivity index is 2.12. The maximum absolute atomic E-state index is 11.7. The summed E-state index contributed by atoms with van der Waals surface area (Å²) >= 11 is 0. The number of Topliss-reactive ketones (excluding diaryl/α,β-unsaturated/α-hetero) is 1. The summed E-state index contributed by atoms with van der Waals surface area (Å²) in [7, 11) is 0. The van der Waals surface area contributed by atoms with Gasteiger partial charge in [0.05, 0.1) is 5.92 Å². The highest BCUT2D eigenvalue weighted by Gasteiger charge is 2.31. The van der Waals surface area contributed by atoms with Crippen molar-refractivity contribution in [3.05, 3.63) is 11.7 Å². The SMILES string of the molecule is CCC1CCC(c2noc(C(C(C)=O)C(C)C)n2)C1. The molecule has 0 bridgehead atoms. The second kappa shape index (κ2) is 5.85. The molecule has 4 heteroatoms. The summed E-state index contributed by atoms with van der Waals surface area (Å²) in [6.07, 6.45) is 4.78. The van der Waals surface area contributed by atoms with Crippen molar-refractivity contribution in [2.45, 2.75) is 65.2 Å². The summed E-state index contributed by atoms with van der Waals surface area (Å²) in [5.74, 6) is 2.55. The Bertz CT molecular complexity index is 439. The molecule has 0 amide bonds. The van der Waals surface area contributed by atoms with Gasteiger partial charge in [-0.05, 0) is 38.0 Å². The summed E-state index contributed by atoms with van der Waals surface area (Å²) in [6.45, 7) is 7.85. The van der Waals surface area contributed by atoms with Crippen LogP contribution in [0.2, 0.25) is 0 Å². The predicted molar refractivity (Wildman–Crippen MR) is 72.9 cm³/mol. The smallest absolute Gasteiger partial charge is 0.237 e. The molecule has 1 aliphatic carbocycles. The standard InChI is InChI=1S/C15H24N2O2/c1-5-11-6-7-12(8-11)14-16-15(19-17-14)13(9(2)3)10(4)18/h9,11-13H,5-8H2,1-4H3. The Labute approximate surface area is 115 Å². The third-order valence-corrected chi connectivity index (χ3v) is 4.31. The number of hydrogen-bond donors (Lipinski definition) is 0. The zero-order valence-electron chi connectivity index (χ0n) is 12.3. The molecule has 1 heterocycles. The van der Waals surface area contributed by atoms with Crippen molar-refractivity contribution in [1.82, 2.24) is 10.1 Å². The average Bonchev–Trinajstić information content (AvgIpc) is 2.95. The number of nitrogens with zero attached hydrogens (tertiary/aromatic N) is 2. The lowest BCUT2D eigenvalue weighted by Gasteiger charge is -2.12. The number of carbonyl (C=O) groups excluding carboxylic acids is 1. The first-order valence-electron chi connectivity index (χ1n) is 7.36. The normalized spacial score (nSPS) is 24.9. The molecule has 3 atom stereocenters. The molecule has 0 radical (unpaired) electrons. The lowest BCUT2D eigenvalue weighted by atomic mass is 9.92. The number of aromatic nitrogens is 2. The molecular formula is C15H24N2O2. The van der Waals surface area contributed by atoms with Gasteiger partial charge < -0.3 is 4.52 Å². The van der Waals surface area contributed by atoms with E-state index in [4.69, 9.17) is 4.52 Å². The van der Waals surface area contributed by atoms with Crippen LogP contribution in [0.5, 0.6) is 0 Å². The predicted octanol–water partition coefficient (Wildman–Crippen LogP) is 3.69. The van der Waals surface area contributed by atoms with Crippen molar-refractivity contribution in [3.63, 3.8) is 0 Å². The fraction of sp³-hybridized carbons (Fsp3) is 0.800. The molecule has 0 aromatic carbocycles. The van der Waals surface area contributed by atoms with E-state index in [1.54, 1.807) is 6.92 Å². The first-order valence-corrected chi connectivity index (χ1v) is 7.36. The minimum atomic E-state index is -0.260. The average molecular weight is 264 g/mol. The zero-order chi connectivity index (χ0) is 14.0. The molecule has 4 nitrogen and oxygen atoms in total. The van der Waals surface area contributed by atoms with E-state index in [1.165, 1.54) is 12.8 Å². The van der Waals surface area contributed by atoms with Gasteiger partial charge in [-0.15, -0.1) is 0 Å². The first-order chi connectivity index (χ1) is 9.02. The largest absolute Gasteiger partial charge is 0.339 e. The lowest BCUT2D eigenvalue weighted by Crippen LogP contribution is -2.15. The summed E-state index contributed by atoms with van der Waals surface area (Å²) < 4.78 is 5.35. The van der Waals surface area contributed by atoms with Crippen LogP contribution >= 0.6 is 0 Å². The number of ketones is 1. The van der Waals surface area contributed by atoms with E-state index < -0.39 is 0 Å². The molecule has 0 saturated heterocycles. The van der Waals surface area contributed by atoms with Gasteiger partial charge in [0.15, 0.2) is 5.82 Å². The molecule has 1 aliphatic rings. The van der Waals surface area contributed by atoms with Crippen LogP contribution in [-0.2, 0) is 4.79 Å². The Kier molecular flexibility index (Phi) is 4.38. The molecule has 2 rings (SSSR count). The van der Waals surface area contributed by atoms with Crippen molar-refractivity contribution in [2.75, 3.05) is 0 Å². The van der Waals surface area contributed by atoms with Crippen LogP contribution in [0.1, 0.15) is 76.9 Å². The van der Waals surface area contributed by atoms with Gasteiger partial charge in [-0.3, -0.25) is 4.79 Å². The van der Waals surface area contributed by atoms with E-state index in [2.05, 4.69) is 17.1 Å². The zero-order valence-corrected chi connectivity index (χ0v) is 12.3. The third kappa shape index (κ3) is 3.04. The molecule has 1 aromatic heterocycles. The first kappa shape index (κ1) is 14.2. The Morgan fingerprint density at radius 1 is 1.42 bits per heavy atom. The minimum Gasteiger partial charge on any atom is -0.339 e. The fourth-order valence-electron chi connectivity index (χ4n) is 3.15. The Morgan fingerprint density at radius 2 is 2.16 bits per heavy atom. The number of hydrogen-bond acceptors (Lipinski definition) is 4. The van der Waals surface area contributed by atoms with Crippen molar-refractivity contribution in [3.8, 4) is 0 Å². The highest BCUT2D eigenvalue weighted by molar-refractivity contribution is 5.82. The summed E-state index contributed by atoms with van der Waals surface area (Å²) in [5.41, 5.74) is 0. The van der Waals surface area contributed by atoms with Gasteiger partial charge in [-0.25, -0.2) is 0 Å². The molecule has 0 N–H and O–H groups in total. The van der Waals surface area contributed by atoms with Crippen LogP contribution in [0, 0.1) is 11.8 Å². The fourth-order valence-corrected chi connectivity index (χ4v) is 3.15. The van der Waals surface area contributed by atoms with Gasteiger partial charge >= 0.3 is 0 Å². The molecule has 1 fully saturated rings. The second-order valence-corrected chi connectivity index (χ2v) is 6.11. The van der Waals surface area contributed by atoms with Crippen LogP contribution in [0.15, 0.2) is 4.52 Å². The maximum Gasteiger partial charge on any atom is 0.237 e. The van der Waals surface area contributed by atoms with Crippen LogP contribution in [0.4, 0.5) is 0 Å². The van der Waals surface area contributed by atoms with Crippen LogP contribution in [0.25, 0.3) is 0 Å². The molecule has 1 aromatic rings. The third-order valence-electron chi connectivity index (χ3n) is 4.31. The van der Waals surface area contributed by atoms with E-state index in [9.17, 15) is 4.79 Å². The second-order valence-electron chi connectivity index (χ2n) is 6.11. The van der Waals surface area contributed by atoms with E-state index in [0.29, 0.717) is 11.8 Å². The summed E-state index contributed by atoms with van der Waals surface area (Å²) in [4.78, 5) is 16.2. The van der Waals surface area contributed by atoms with Crippen molar-refractivity contribution < 1.29 is 9.32 Å². The minimum absolute atomic E-state index is 0.100. The monoisotopic (exact) mass is 264 g/mol. The highest BCUT2D eigenvalue weighted by atomic mass is 16.5. The molecule has 0 spiro atoms. The van der Waals surface area contributed by atoms with E-state index in [1.807, 2.05) is 13.8 Å². The molecule has 19 heavy (non-hydrogen) atoms. The maximum atomic E-state index is 11.7. The van der Waals surface area contributed by atoms with Gasteiger partial charge in [0.2, 0.25) is 5.89 Å². The van der Waals surface area contributed by atoms with Gasteiger partial charge in [0, 0.05) is 5.92 Å².